The van der Waals surface area contributed by atoms with Crippen molar-refractivity contribution in [2.24, 2.45) is 0 Å². The van der Waals surface area contributed by atoms with Crippen LogP contribution in [0.1, 0.15) is 43.6 Å². The molecule has 0 spiro atoms. The van der Waals surface area contributed by atoms with Crippen LogP contribution < -0.4 is 15.4 Å². The Morgan fingerprint density at radius 2 is 1.85 bits per heavy atom. The number of nitrogens with one attached hydrogen (secondary N) is 2. The van der Waals surface area contributed by atoms with E-state index >= 15 is 0 Å². The molecule has 0 unspecified atom stereocenters. The van der Waals surface area contributed by atoms with Crippen molar-refractivity contribution in [1.29, 1.82) is 5.26 Å². The first-order valence-electron chi connectivity index (χ1n) is 12.3. The standard InChI is InChI=1S/C29H27ClN8O/c1-29(2,3)38-17-24(36-37-38)27(18-8-6-5-7-9-18)35-23-13-20(30)12-22-26(19(14-31)15-33-28(22)23)34-21-10-11-25(39-4)32-16-21/h5-13,15-17,27,35H,1-4H3,(H,33,34)/t27-/m0/s1. The molecule has 0 aliphatic rings. The summed E-state index contributed by atoms with van der Waals surface area (Å²) in [5, 5.41) is 26.8. The van der Waals surface area contributed by atoms with Crippen molar-refractivity contribution >= 4 is 39.6 Å². The van der Waals surface area contributed by atoms with Gasteiger partial charge in [0.1, 0.15) is 11.8 Å². The van der Waals surface area contributed by atoms with Crippen molar-refractivity contribution in [2.75, 3.05) is 17.7 Å². The highest BCUT2D eigenvalue weighted by Gasteiger charge is 2.23. The molecule has 1 atom stereocenters. The van der Waals surface area contributed by atoms with Crippen molar-refractivity contribution in [2.45, 2.75) is 32.4 Å². The summed E-state index contributed by atoms with van der Waals surface area (Å²) in [6.07, 6.45) is 5.14. The van der Waals surface area contributed by atoms with Crippen LogP contribution in [0.25, 0.3) is 10.9 Å². The van der Waals surface area contributed by atoms with Crippen LogP contribution in [0.4, 0.5) is 17.1 Å². The summed E-state index contributed by atoms with van der Waals surface area (Å²) >= 11 is 6.63. The summed E-state index contributed by atoms with van der Waals surface area (Å²) in [6, 6.07) is 19.1. The molecule has 3 aromatic heterocycles. The molecule has 3 heterocycles. The highest BCUT2D eigenvalue weighted by molar-refractivity contribution is 6.32. The Kier molecular flexibility index (Phi) is 7.05. The minimum absolute atomic E-state index is 0.221. The van der Waals surface area contributed by atoms with E-state index in [0.717, 1.165) is 11.3 Å². The molecule has 39 heavy (non-hydrogen) atoms. The van der Waals surface area contributed by atoms with Crippen LogP contribution in [-0.4, -0.2) is 32.1 Å². The van der Waals surface area contributed by atoms with Gasteiger partial charge in [-0.15, -0.1) is 5.10 Å². The lowest BCUT2D eigenvalue weighted by molar-refractivity contribution is 0.347. The molecule has 0 radical (unpaired) electrons. The molecule has 0 saturated carbocycles. The molecule has 5 rings (SSSR count). The highest BCUT2D eigenvalue weighted by atomic mass is 35.5. The number of anilines is 3. The minimum Gasteiger partial charge on any atom is -0.481 e. The second-order valence-corrected chi connectivity index (χ2v) is 10.4. The normalized spacial score (nSPS) is 12.1. The van der Waals surface area contributed by atoms with Crippen LogP contribution in [0.5, 0.6) is 5.88 Å². The summed E-state index contributed by atoms with van der Waals surface area (Å²) in [5.41, 5.74) is 4.51. The zero-order valence-electron chi connectivity index (χ0n) is 22.0. The first-order chi connectivity index (χ1) is 18.8. The number of pyridine rings is 2. The summed E-state index contributed by atoms with van der Waals surface area (Å²) < 4.78 is 7.00. The summed E-state index contributed by atoms with van der Waals surface area (Å²) in [6.45, 7) is 6.22. The first-order valence-corrected chi connectivity index (χ1v) is 12.7. The number of methoxy groups -OCH3 is 1. The fourth-order valence-electron chi connectivity index (χ4n) is 4.18. The minimum atomic E-state index is -0.330. The van der Waals surface area contributed by atoms with Crippen LogP contribution >= 0.6 is 11.6 Å². The van der Waals surface area contributed by atoms with Gasteiger partial charge in [0.15, 0.2) is 0 Å². The zero-order chi connectivity index (χ0) is 27.6. The van der Waals surface area contributed by atoms with Gasteiger partial charge in [-0.1, -0.05) is 47.1 Å². The van der Waals surface area contributed by atoms with Crippen molar-refractivity contribution in [3.05, 3.63) is 95.0 Å². The fraction of sp³-hybridized carbons (Fsp3) is 0.207. The number of rotatable bonds is 7. The third-order valence-electron chi connectivity index (χ3n) is 6.20. The van der Waals surface area contributed by atoms with E-state index in [1.165, 1.54) is 0 Å². The van der Waals surface area contributed by atoms with Crippen LogP contribution in [-0.2, 0) is 5.54 Å². The number of nitrogens with zero attached hydrogens (tertiary/aromatic N) is 6. The van der Waals surface area contributed by atoms with E-state index in [1.54, 1.807) is 31.6 Å². The highest BCUT2D eigenvalue weighted by Crippen LogP contribution is 2.37. The van der Waals surface area contributed by atoms with Gasteiger partial charge in [0, 0.05) is 22.7 Å². The predicted octanol–water partition coefficient (Wildman–Crippen LogP) is 6.46. The second-order valence-electron chi connectivity index (χ2n) is 9.97. The molecular formula is C29H27ClN8O. The maximum Gasteiger partial charge on any atom is 0.213 e. The Bertz CT molecular complexity index is 1650. The molecule has 196 valence electrons. The molecule has 9 nitrogen and oxygen atoms in total. The summed E-state index contributed by atoms with van der Waals surface area (Å²) in [7, 11) is 1.56. The van der Waals surface area contributed by atoms with Gasteiger partial charge in [0.2, 0.25) is 5.88 Å². The Labute approximate surface area is 231 Å². The maximum atomic E-state index is 9.86. The zero-order valence-corrected chi connectivity index (χ0v) is 22.7. The Hall–Kier alpha value is -4.68. The van der Waals surface area contributed by atoms with Crippen LogP contribution in [0.15, 0.2) is 73.2 Å². The average molecular weight is 539 g/mol. The summed E-state index contributed by atoms with van der Waals surface area (Å²) in [5.74, 6) is 0.491. The molecule has 5 aromatic rings. The van der Waals surface area contributed by atoms with Crippen LogP contribution in [0, 0.1) is 11.3 Å². The van der Waals surface area contributed by atoms with Gasteiger partial charge in [-0.2, -0.15) is 5.26 Å². The van der Waals surface area contributed by atoms with Gasteiger partial charge in [0.25, 0.3) is 0 Å². The topological polar surface area (TPSA) is 114 Å². The fourth-order valence-corrected chi connectivity index (χ4v) is 4.40. The second kappa shape index (κ2) is 10.6. The molecule has 0 amide bonds. The van der Waals surface area contributed by atoms with E-state index in [0.29, 0.717) is 44.4 Å². The lowest BCUT2D eigenvalue weighted by Gasteiger charge is -2.21. The largest absolute Gasteiger partial charge is 0.481 e. The smallest absolute Gasteiger partial charge is 0.213 e. The molecule has 10 heteroatoms. The lowest BCUT2D eigenvalue weighted by Crippen LogP contribution is -2.22. The number of halogens is 1. The third kappa shape index (κ3) is 5.47. The first kappa shape index (κ1) is 25.9. The molecule has 2 N–H and O–H groups in total. The number of hydrogen-bond donors (Lipinski definition) is 2. The molecule has 0 fully saturated rings. The van der Waals surface area contributed by atoms with E-state index < -0.39 is 0 Å². The maximum absolute atomic E-state index is 9.86. The van der Waals surface area contributed by atoms with Gasteiger partial charge in [-0.25, -0.2) is 9.67 Å². The van der Waals surface area contributed by atoms with Crippen molar-refractivity contribution in [1.82, 2.24) is 25.0 Å². The molecule has 2 aromatic carbocycles. The van der Waals surface area contributed by atoms with Gasteiger partial charge in [0.05, 0.1) is 59.2 Å². The number of benzene rings is 2. The molecular weight excluding hydrogens is 512 g/mol. The Balaban J connectivity index is 1.61. The van der Waals surface area contributed by atoms with Gasteiger partial charge < -0.3 is 15.4 Å². The van der Waals surface area contributed by atoms with E-state index in [4.69, 9.17) is 16.3 Å². The molecule has 0 saturated heterocycles. The summed E-state index contributed by atoms with van der Waals surface area (Å²) in [4.78, 5) is 8.90. The molecule has 0 bridgehead atoms. The number of hydrogen-bond acceptors (Lipinski definition) is 8. The SMILES string of the molecule is COc1ccc(Nc2c(C#N)cnc3c(N[C@@H](c4ccccc4)c4cn(C(C)(C)C)nn4)cc(Cl)cc23)cn1. The third-order valence-corrected chi connectivity index (χ3v) is 6.42. The number of aromatic nitrogens is 5. The van der Waals surface area contributed by atoms with E-state index in [1.807, 2.05) is 53.3 Å². The van der Waals surface area contributed by atoms with E-state index in [2.05, 4.69) is 57.8 Å². The Morgan fingerprint density at radius 1 is 1.05 bits per heavy atom. The van der Waals surface area contributed by atoms with Gasteiger partial charge in [-0.3, -0.25) is 4.98 Å². The van der Waals surface area contributed by atoms with Crippen molar-refractivity contribution in [3.63, 3.8) is 0 Å². The Morgan fingerprint density at radius 3 is 2.49 bits per heavy atom. The number of nitriles is 1. The van der Waals surface area contributed by atoms with E-state index in [9.17, 15) is 5.26 Å². The van der Waals surface area contributed by atoms with Crippen molar-refractivity contribution < 1.29 is 4.74 Å². The predicted molar refractivity (Wildman–Crippen MR) is 152 cm³/mol. The molecule has 0 aliphatic heterocycles. The monoisotopic (exact) mass is 538 g/mol. The van der Waals surface area contributed by atoms with Crippen LogP contribution in [0.3, 0.4) is 0 Å². The average Bonchev–Trinajstić information content (AvgIpc) is 3.44. The van der Waals surface area contributed by atoms with E-state index in [-0.39, 0.29) is 11.6 Å². The van der Waals surface area contributed by atoms with Crippen molar-refractivity contribution in [3.8, 4) is 11.9 Å². The lowest BCUT2D eigenvalue weighted by atomic mass is 10.0. The number of ether oxygens (including phenoxy) is 1. The van der Waals surface area contributed by atoms with Gasteiger partial charge >= 0.3 is 0 Å². The molecule has 0 aliphatic carbocycles. The van der Waals surface area contributed by atoms with Crippen LogP contribution in [0.2, 0.25) is 5.02 Å². The quantitative estimate of drug-likeness (QED) is 0.243. The van der Waals surface area contributed by atoms with Gasteiger partial charge in [-0.05, 0) is 44.5 Å². The number of fused-ring (bicyclic) bond motifs is 1.